The van der Waals surface area contributed by atoms with Crippen LogP contribution in [0.4, 0.5) is 0 Å². The van der Waals surface area contributed by atoms with Crippen LogP contribution in [0.25, 0.3) is 0 Å². The van der Waals surface area contributed by atoms with Crippen LogP contribution in [-0.2, 0) is 6.42 Å². The summed E-state index contributed by atoms with van der Waals surface area (Å²) in [5, 5.41) is 0. The largest absolute Gasteiger partial charge is 0.333 e. The van der Waals surface area contributed by atoms with Gasteiger partial charge in [0.25, 0.3) is 0 Å². The molecule has 1 heteroatoms. The molecule has 0 aliphatic carbocycles. The molecule has 0 aliphatic heterocycles. The van der Waals surface area contributed by atoms with E-state index in [4.69, 9.17) is 0 Å². The van der Waals surface area contributed by atoms with Crippen LogP contribution in [0.15, 0.2) is 30.3 Å². The molecular formula is C13H25N. The molecule has 82 valence electrons. The Morgan fingerprint density at radius 2 is 1.36 bits per heavy atom. The second-order valence-electron chi connectivity index (χ2n) is 2.94. The second-order valence-corrected chi connectivity index (χ2v) is 2.94. The van der Waals surface area contributed by atoms with Crippen molar-refractivity contribution in [2.45, 2.75) is 40.0 Å². The third-order valence-corrected chi connectivity index (χ3v) is 1.38. The summed E-state index contributed by atoms with van der Waals surface area (Å²) in [4.78, 5) is 0. The molecule has 0 bridgehead atoms. The van der Waals surface area contributed by atoms with Crippen LogP contribution in [0.3, 0.4) is 0 Å². The van der Waals surface area contributed by atoms with E-state index in [9.17, 15) is 0 Å². The Kier molecular flexibility index (Phi) is 16.4. The molecule has 0 radical (unpaired) electrons. The minimum absolute atomic E-state index is 1.21. The maximum absolute atomic E-state index is 4.50. The summed E-state index contributed by atoms with van der Waals surface area (Å²) in [6.45, 7) is 6.45. The highest BCUT2D eigenvalue weighted by Gasteiger charge is 1.84. The predicted octanol–water partition coefficient (Wildman–Crippen LogP) is 3.63. The van der Waals surface area contributed by atoms with Crippen molar-refractivity contribution in [1.82, 2.24) is 0 Å². The van der Waals surface area contributed by atoms with E-state index in [-0.39, 0.29) is 0 Å². The van der Waals surface area contributed by atoms with Crippen LogP contribution < -0.4 is 5.73 Å². The van der Waals surface area contributed by atoms with Crippen LogP contribution in [0.2, 0.25) is 0 Å². The van der Waals surface area contributed by atoms with Gasteiger partial charge in [0, 0.05) is 0 Å². The Bertz CT molecular complexity index is 170. The van der Waals surface area contributed by atoms with Crippen molar-refractivity contribution in [3.8, 4) is 0 Å². The fraction of sp³-hybridized carbons (Fsp3) is 0.538. The van der Waals surface area contributed by atoms with Crippen LogP contribution in [0.5, 0.6) is 0 Å². The Morgan fingerprint density at radius 3 is 1.71 bits per heavy atom. The van der Waals surface area contributed by atoms with Gasteiger partial charge in [0.2, 0.25) is 0 Å². The summed E-state index contributed by atoms with van der Waals surface area (Å²) >= 11 is 0. The Morgan fingerprint density at radius 1 is 0.929 bits per heavy atom. The van der Waals surface area contributed by atoms with E-state index in [0.717, 1.165) is 0 Å². The maximum Gasteiger partial charge on any atom is -0.0195 e. The first-order valence-corrected chi connectivity index (χ1v) is 5.46. The molecule has 0 unspecified atom stereocenters. The molecule has 0 amide bonds. The van der Waals surface area contributed by atoms with Crippen molar-refractivity contribution in [1.29, 1.82) is 0 Å². The highest BCUT2D eigenvalue weighted by molar-refractivity contribution is 5.14. The third kappa shape index (κ3) is 11.2. The molecule has 1 aromatic rings. The molecule has 1 aromatic carbocycles. The number of nitrogens with two attached hydrogens (primary N) is 1. The van der Waals surface area contributed by atoms with E-state index >= 15 is 0 Å². The minimum Gasteiger partial charge on any atom is -0.333 e. The molecule has 1 nitrogen and oxygen atoms in total. The van der Waals surface area contributed by atoms with E-state index in [1.807, 2.05) is 0 Å². The minimum atomic E-state index is 1.21. The first-order chi connectivity index (χ1) is 6.85. The summed E-state index contributed by atoms with van der Waals surface area (Å²) in [5.74, 6) is 0. The fourth-order valence-electron chi connectivity index (χ4n) is 0.933. The van der Waals surface area contributed by atoms with Gasteiger partial charge in [0.15, 0.2) is 0 Å². The fourth-order valence-corrected chi connectivity index (χ4v) is 0.933. The smallest absolute Gasteiger partial charge is 0.0195 e. The van der Waals surface area contributed by atoms with E-state index in [0.29, 0.717) is 0 Å². The van der Waals surface area contributed by atoms with Crippen molar-refractivity contribution >= 4 is 0 Å². The zero-order valence-electron chi connectivity index (χ0n) is 10.1. The van der Waals surface area contributed by atoms with Crippen molar-refractivity contribution in [2.24, 2.45) is 5.73 Å². The molecule has 14 heavy (non-hydrogen) atoms. The molecule has 0 saturated carbocycles. The van der Waals surface area contributed by atoms with E-state index in [2.05, 4.69) is 56.8 Å². The summed E-state index contributed by atoms with van der Waals surface area (Å²) < 4.78 is 0. The second kappa shape index (κ2) is 14.7. The zero-order chi connectivity index (χ0) is 11.2. The molecule has 1 rings (SSSR count). The quantitative estimate of drug-likeness (QED) is 0.766. The van der Waals surface area contributed by atoms with E-state index < -0.39 is 0 Å². The van der Waals surface area contributed by atoms with Crippen molar-refractivity contribution in [3.63, 3.8) is 0 Å². The van der Waals surface area contributed by atoms with Gasteiger partial charge in [-0.25, -0.2) is 0 Å². The lowest BCUT2D eigenvalue weighted by molar-refractivity contribution is 0.922. The van der Waals surface area contributed by atoms with E-state index in [1.165, 1.54) is 31.9 Å². The molecule has 0 fully saturated rings. The van der Waals surface area contributed by atoms with Gasteiger partial charge >= 0.3 is 0 Å². The average Bonchev–Trinajstić information content (AvgIpc) is 2.24. The summed E-state index contributed by atoms with van der Waals surface area (Å²) in [5.41, 5.74) is 5.94. The SMILES string of the molecule is CCC.CCCc1ccccc1.CN. The van der Waals surface area contributed by atoms with Gasteiger partial charge < -0.3 is 5.73 Å². The first-order valence-electron chi connectivity index (χ1n) is 5.46. The van der Waals surface area contributed by atoms with Crippen LogP contribution in [0.1, 0.15) is 39.2 Å². The lowest BCUT2D eigenvalue weighted by Gasteiger charge is -1.93. The Hall–Kier alpha value is -0.820. The number of hydrogen-bond acceptors (Lipinski definition) is 1. The van der Waals surface area contributed by atoms with Gasteiger partial charge in [0.1, 0.15) is 0 Å². The molecular weight excluding hydrogens is 170 g/mol. The maximum atomic E-state index is 4.50. The molecule has 0 saturated heterocycles. The summed E-state index contributed by atoms with van der Waals surface area (Å²) in [7, 11) is 1.50. The molecule has 0 aliphatic rings. The highest BCUT2D eigenvalue weighted by atomic mass is 14.4. The molecule has 0 atom stereocenters. The van der Waals surface area contributed by atoms with E-state index in [1.54, 1.807) is 0 Å². The standard InChI is InChI=1S/C9H12.C3H8.CH5N/c1-2-6-9-7-4-3-5-8-9;1-3-2;1-2/h3-5,7-8H,2,6H2,1H3;3H2,1-2H3;2H2,1H3. The lowest BCUT2D eigenvalue weighted by atomic mass is 10.1. The lowest BCUT2D eigenvalue weighted by Crippen LogP contribution is -1.78. The van der Waals surface area contributed by atoms with Crippen molar-refractivity contribution in [2.75, 3.05) is 7.05 Å². The molecule has 0 aromatic heterocycles. The van der Waals surface area contributed by atoms with Crippen LogP contribution >= 0.6 is 0 Å². The molecule has 2 N–H and O–H groups in total. The van der Waals surface area contributed by atoms with Gasteiger partial charge in [-0.05, 0) is 19.0 Å². The highest BCUT2D eigenvalue weighted by Crippen LogP contribution is 2.00. The summed E-state index contributed by atoms with van der Waals surface area (Å²) in [6.07, 6.45) is 3.70. The van der Waals surface area contributed by atoms with Crippen LogP contribution in [0, 0.1) is 0 Å². The van der Waals surface area contributed by atoms with Crippen molar-refractivity contribution < 1.29 is 0 Å². The third-order valence-electron chi connectivity index (χ3n) is 1.38. The number of rotatable bonds is 2. The summed E-state index contributed by atoms with van der Waals surface area (Å²) in [6, 6.07) is 10.6. The first kappa shape index (κ1) is 15.6. The molecule has 0 spiro atoms. The zero-order valence-corrected chi connectivity index (χ0v) is 10.1. The van der Waals surface area contributed by atoms with Gasteiger partial charge in [-0.1, -0.05) is 63.9 Å². The Balaban J connectivity index is 0. The van der Waals surface area contributed by atoms with Crippen LogP contribution in [-0.4, -0.2) is 7.05 Å². The topological polar surface area (TPSA) is 26.0 Å². The van der Waals surface area contributed by atoms with Crippen molar-refractivity contribution in [3.05, 3.63) is 35.9 Å². The number of hydrogen-bond donors (Lipinski definition) is 1. The normalized spacial score (nSPS) is 7.79. The average molecular weight is 195 g/mol. The monoisotopic (exact) mass is 195 g/mol. The number of benzene rings is 1. The Labute approximate surface area is 89.3 Å². The predicted molar refractivity (Wildman–Crippen MR) is 66.5 cm³/mol. The molecule has 0 heterocycles. The van der Waals surface area contributed by atoms with Gasteiger partial charge in [0.05, 0.1) is 0 Å². The van der Waals surface area contributed by atoms with Gasteiger partial charge in [-0.15, -0.1) is 0 Å². The van der Waals surface area contributed by atoms with Gasteiger partial charge in [-0.3, -0.25) is 0 Å². The number of aryl methyl sites for hydroxylation is 1. The van der Waals surface area contributed by atoms with Gasteiger partial charge in [-0.2, -0.15) is 0 Å².